The number of alkyl halides is 2. The van der Waals surface area contributed by atoms with Crippen LogP contribution in [-0.2, 0) is 4.79 Å². The van der Waals surface area contributed by atoms with Gasteiger partial charge in [-0.15, -0.1) is 0 Å². The maximum absolute atomic E-state index is 13.0. The molecule has 3 aliphatic rings. The van der Waals surface area contributed by atoms with E-state index in [2.05, 4.69) is 5.32 Å². The predicted molar refractivity (Wildman–Crippen MR) is 58.8 cm³/mol. The van der Waals surface area contributed by atoms with Gasteiger partial charge < -0.3 is 10.2 Å². The normalized spacial score (nSPS) is 36.5. The number of nitrogens with zero attached hydrogens (tertiary/aromatic N) is 1. The fourth-order valence-corrected chi connectivity index (χ4v) is 3.35. The molecule has 1 N–H and O–H groups in total. The summed E-state index contributed by atoms with van der Waals surface area (Å²) in [5.74, 6) is -2.58. The number of piperazine rings is 1. The van der Waals surface area contributed by atoms with Crippen LogP contribution >= 0.6 is 0 Å². The van der Waals surface area contributed by atoms with Crippen LogP contribution < -0.4 is 5.32 Å². The van der Waals surface area contributed by atoms with Gasteiger partial charge in [-0.2, -0.15) is 0 Å². The van der Waals surface area contributed by atoms with E-state index in [1.807, 2.05) is 4.90 Å². The Bertz CT molecular complexity index is 324. The maximum atomic E-state index is 13.0. The fraction of sp³-hybridized carbons (Fsp3) is 0.917. The number of carbonyl (C=O) groups excluding carboxylic acids is 1. The Morgan fingerprint density at radius 2 is 2.00 bits per heavy atom. The van der Waals surface area contributed by atoms with Crippen LogP contribution in [0.3, 0.4) is 0 Å². The summed E-state index contributed by atoms with van der Waals surface area (Å²) in [6, 6.07) is 0.754. The van der Waals surface area contributed by atoms with E-state index in [9.17, 15) is 13.6 Å². The van der Waals surface area contributed by atoms with Crippen LogP contribution in [0.15, 0.2) is 0 Å². The molecule has 3 nitrogen and oxygen atoms in total. The second-order valence-electron chi connectivity index (χ2n) is 5.62. The van der Waals surface area contributed by atoms with Crippen LogP contribution in [0.25, 0.3) is 0 Å². The highest BCUT2D eigenvalue weighted by molar-refractivity contribution is 5.80. The van der Waals surface area contributed by atoms with Gasteiger partial charge in [-0.1, -0.05) is 0 Å². The van der Waals surface area contributed by atoms with Crippen LogP contribution in [0, 0.1) is 5.92 Å². The van der Waals surface area contributed by atoms with Gasteiger partial charge in [-0.05, 0) is 19.3 Å². The van der Waals surface area contributed by atoms with E-state index in [1.165, 1.54) is 0 Å². The lowest BCUT2D eigenvalue weighted by Crippen LogP contribution is -2.49. The summed E-state index contributed by atoms with van der Waals surface area (Å²) in [6.07, 6.45) is 1.50. The lowest BCUT2D eigenvalue weighted by atomic mass is 9.85. The summed E-state index contributed by atoms with van der Waals surface area (Å²) < 4.78 is 26.1. The van der Waals surface area contributed by atoms with Crippen molar-refractivity contribution < 1.29 is 13.6 Å². The summed E-state index contributed by atoms with van der Waals surface area (Å²) in [5, 5.41) is 3.34. The third-order valence-corrected chi connectivity index (χ3v) is 4.41. The average molecular weight is 244 g/mol. The summed E-state index contributed by atoms with van der Waals surface area (Å²) in [5.41, 5.74) is 0. The molecule has 3 fully saturated rings. The van der Waals surface area contributed by atoms with E-state index in [4.69, 9.17) is 0 Å². The van der Waals surface area contributed by atoms with Gasteiger partial charge in [0.1, 0.15) is 0 Å². The first kappa shape index (κ1) is 11.4. The molecule has 0 unspecified atom stereocenters. The molecule has 1 aliphatic carbocycles. The molecule has 0 spiro atoms. The lowest BCUT2D eigenvalue weighted by molar-refractivity contribution is -0.141. The first-order valence-corrected chi connectivity index (χ1v) is 6.47. The number of hydrogen-bond acceptors (Lipinski definition) is 2. The second kappa shape index (κ2) is 3.90. The molecule has 96 valence electrons. The molecule has 0 aromatic rings. The molecule has 5 heteroatoms. The molecular formula is C12H18F2N2O. The van der Waals surface area contributed by atoms with Gasteiger partial charge >= 0.3 is 0 Å². The molecule has 1 amide bonds. The van der Waals surface area contributed by atoms with Crippen molar-refractivity contribution in [3.63, 3.8) is 0 Å². The number of carbonyl (C=O) groups is 1. The van der Waals surface area contributed by atoms with Gasteiger partial charge in [0.25, 0.3) is 0 Å². The van der Waals surface area contributed by atoms with Crippen LogP contribution in [0.5, 0.6) is 0 Å². The van der Waals surface area contributed by atoms with Gasteiger partial charge in [0.2, 0.25) is 11.8 Å². The average Bonchev–Trinajstić information content (AvgIpc) is 2.89. The smallest absolute Gasteiger partial charge is 0.248 e. The minimum absolute atomic E-state index is 0.120. The van der Waals surface area contributed by atoms with E-state index in [-0.39, 0.29) is 24.7 Å². The third-order valence-electron chi connectivity index (χ3n) is 4.41. The Hall–Kier alpha value is -0.710. The zero-order valence-corrected chi connectivity index (χ0v) is 9.79. The standard InChI is InChI=1S/C12H18F2N2O/c13-12(14)3-1-8(2-4-12)11(17)16-7-9-5-10(16)6-15-9/h8-10,15H,1-7H2/t9-,10-/m0/s1. The highest BCUT2D eigenvalue weighted by atomic mass is 19.3. The number of fused-ring (bicyclic) bond motifs is 2. The summed E-state index contributed by atoms with van der Waals surface area (Å²) in [4.78, 5) is 14.2. The minimum Gasteiger partial charge on any atom is -0.337 e. The molecule has 2 bridgehead atoms. The van der Waals surface area contributed by atoms with E-state index in [0.29, 0.717) is 24.9 Å². The van der Waals surface area contributed by atoms with Crippen molar-refractivity contribution in [2.24, 2.45) is 5.92 Å². The number of likely N-dealkylation sites (tertiary alicyclic amines) is 1. The maximum Gasteiger partial charge on any atom is 0.248 e. The molecule has 2 atom stereocenters. The Labute approximate surface area is 99.5 Å². The zero-order chi connectivity index (χ0) is 12.0. The van der Waals surface area contributed by atoms with E-state index >= 15 is 0 Å². The Morgan fingerprint density at radius 3 is 2.53 bits per heavy atom. The SMILES string of the molecule is O=C(C1CCC(F)(F)CC1)N1C[C@@H]2C[C@H]1CN2. The van der Waals surface area contributed by atoms with Crippen molar-refractivity contribution in [3.05, 3.63) is 0 Å². The van der Waals surface area contributed by atoms with Crippen molar-refractivity contribution in [3.8, 4) is 0 Å². The molecule has 2 saturated heterocycles. The summed E-state index contributed by atoms with van der Waals surface area (Å²) in [7, 11) is 0. The molecule has 3 rings (SSSR count). The first-order chi connectivity index (χ1) is 8.05. The van der Waals surface area contributed by atoms with Gasteiger partial charge in [0, 0.05) is 43.9 Å². The summed E-state index contributed by atoms with van der Waals surface area (Å²) >= 11 is 0. The topological polar surface area (TPSA) is 32.3 Å². The second-order valence-corrected chi connectivity index (χ2v) is 5.62. The van der Waals surface area contributed by atoms with Crippen molar-refractivity contribution in [2.75, 3.05) is 13.1 Å². The Balaban J connectivity index is 1.60. The molecular weight excluding hydrogens is 226 g/mol. The minimum atomic E-state index is -2.54. The number of hydrogen-bond donors (Lipinski definition) is 1. The lowest BCUT2D eigenvalue weighted by Gasteiger charge is -2.34. The fourth-order valence-electron chi connectivity index (χ4n) is 3.35. The highest BCUT2D eigenvalue weighted by Crippen LogP contribution is 2.38. The molecule has 1 saturated carbocycles. The number of halogens is 2. The molecule has 2 heterocycles. The zero-order valence-electron chi connectivity index (χ0n) is 9.79. The van der Waals surface area contributed by atoms with Crippen LogP contribution in [0.2, 0.25) is 0 Å². The summed E-state index contributed by atoms with van der Waals surface area (Å²) in [6.45, 7) is 1.65. The molecule has 0 aromatic carbocycles. The van der Waals surface area contributed by atoms with Crippen molar-refractivity contribution in [2.45, 2.75) is 50.1 Å². The first-order valence-electron chi connectivity index (χ1n) is 6.47. The van der Waals surface area contributed by atoms with Crippen LogP contribution in [0.1, 0.15) is 32.1 Å². The molecule has 0 radical (unpaired) electrons. The van der Waals surface area contributed by atoms with Gasteiger partial charge in [0.15, 0.2) is 0 Å². The number of amides is 1. The largest absolute Gasteiger partial charge is 0.337 e. The van der Waals surface area contributed by atoms with Crippen molar-refractivity contribution in [1.29, 1.82) is 0 Å². The third kappa shape index (κ3) is 2.05. The van der Waals surface area contributed by atoms with Crippen molar-refractivity contribution in [1.82, 2.24) is 10.2 Å². The van der Waals surface area contributed by atoms with Crippen LogP contribution in [0.4, 0.5) is 8.78 Å². The Kier molecular flexibility index (Phi) is 2.61. The number of nitrogens with one attached hydrogen (secondary N) is 1. The number of rotatable bonds is 1. The van der Waals surface area contributed by atoms with Gasteiger partial charge in [0.05, 0.1) is 0 Å². The van der Waals surface area contributed by atoms with Crippen molar-refractivity contribution >= 4 is 5.91 Å². The molecule has 2 aliphatic heterocycles. The van der Waals surface area contributed by atoms with Gasteiger partial charge in [-0.3, -0.25) is 4.79 Å². The van der Waals surface area contributed by atoms with E-state index in [1.54, 1.807) is 0 Å². The highest BCUT2D eigenvalue weighted by Gasteiger charge is 2.44. The van der Waals surface area contributed by atoms with E-state index < -0.39 is 5.92 Å². The van der Waals surface area contributed by atoms with E-state index in [0.717, 1.165) is 19.5 Å². The monoisotopic (exact) mass is 244 g/mol. The molecule has 0 aromatic heterocycles. The van der Waals surface area contributed by atoms with Gasteiger partial charge in [-0.25, -0.2) is 8.78 Å². The quantitative estimate of drug-likeness (QED) is 0.756. The van der Waals surface area contributed by atoms with Crippen LogP contribution in [-0.4, -0.2) is 41.9 Å². The molecule has 17 heavy (non-hydrogen) atoms. The predicted octanol–water partition coefficient (Wildman–Crippen LogP) is 1.38. The Morgan fingerprint density at radius 1 is 1.29 bits per heavy atom.